The zero-order valence-corrected chi connectivity index (χ0v) is 11.5. The van der Waals surface area contributed by atoms with Crippen LogP contribution in [0.5, 0.6) is 0 Å². The number of nitrogens with one attached hydrogen (secondary N) is 1. The summed E-state index contributed by atoms with van der Waals surface area (Å²) < 4.78 is 1.05. The third-order valence-corrected chi connectivity index (χ3v) is 4.18. The molecule has 84 valence electrons. The highest BCUT2D eigenvalue weighted by Crippen LogP contribution is 2.31. The maximum Gasteiger partial charge on any atom is 0.148 e. The minimum Gasteiger partial charge on any atom is -0.311 e. The van der Waals surface area contributed by atoms with Crippen molar-refractivity contribution in [3.05, 3.63) is 33.7 Å². The van der Waals surface area contributed by atoms with E-state index < -0.39 is 0 Å². The first kappa shape index (κ1) is 11.7. The molecule has 0 aliphatic heterocycles. The molecule has 0 saturated heterocycles. The van der Waals surface area contributed by atoms with Crippen LogP contribution in [0.15, 0.2) is 28.7 Å². The van der Waals surface area contributed by atoms with Gasteiger partial charge in [0.15, 0.2) is 0 Å². The molecule has 0 spiro atoms. The van der Waals surface area contributed by atoms with E-state index in [1.807, 2.05) is 31.3 Å². The molecule has 3 nitrogen and oxygen atoms in total. The van der Waals surface area contributed by atoms with Crippen LogP contribution in [0.3, 0.4) is 0 Å². The lowest BCUT2D eigenvalue weighted by Gasteiger charge is -2.03. The highest BCUT2D eigenvalue weighted by Gasteiger charge is 2.12. The first-order chi connectivity index (χ1) is 7.72. The van der Waals surface area contributed by atoms with Crippen LogP contribution in [0.4, 0.5) is 0 Å². The molecule has 0 saturated carbocycles. The molecule has 1 aromatic carbocycles. The van der Waals surface area contributed by atoms with Gasteiger partial charge in [0, 0.05) is 10.0 Å². The van der Waals surface area contributed by atoms with Gasteiger partial charge in [0.2, 0.25) is 0 Å². The number of hydrogen-bond acceptors (Lipinski definition) is 4. The highest BCUT2D eigenvalue weighted by atomic mass is 79.9. The van der Waals surface area contributed by atoms with E-state index in [4.69, 9.17) is 0 Å². The van der Waals surface area contributed by atoms with Crippen LogP contribution in [0, 0.1) is 0 Å². The molecule has 0 aliphatic rings. The fraction of sp³-hybridized carbons (Fsp3) is 0.273. The summed E-state index contributed by atoms with van der Waals surface area (Å²) in [5, 5.41) is 13.5. The first-order valence-electron chi connectivity index (χ1n) is 4.98. The van der Waals surface area contributed by atoms with Crippen molar-refractivity contribution in [2.24, 2.45) is 0 Å². The van der Waals surface area contributed by atoms with Gasteiger partial charge in [-0.05, 0) is 20.0 Å². The lowest BCUT2D eigenvalue weighted by molar-refractivity contribution is 0.640. The van der Waals surface area contributed by atoms with Gasteiger partial charge in [-0.15, -0.1) is 10.2 Å². The van der Waals surface area contributed by atoms with E-state index >= 15 is 0 Å². The van der Waals surface area contributed by atoms with Crippen LogP contribution in [0.2, 0.25) is 0 Å². The molecule has 0 fully saturated rings. The highest BCUT2D eigenvalue weighted by molar-refractivity contribution is 9.10. The van der Waals surface area contributed by atoms with Crippen LogP contribution >= 0.6 is 27.3 Å². The number of rotatable bonds is 3. The summed E-state index contributed by atoms with van der Waals surface area (Å²) in [6, 6.07) is 8.29. The van der Waals surface area contributed by atoms with Gasteiger partial charge in [-0.2, -0.15) is 0 Å². The molecular weight excluding hydrogens is 286 g/mol. The summed E-state index contributed by atoms with van der Waals surface area (Å²) >= 11 is 5.14. The lowest BCUT2D eigenvalue weighted by atomic mass is 10.2. The molecule has 1 unspecified atom stereocenters. The van der Waals surface area contributed by atoms with Crippen molar-refractivity contribution in [2.75, 3.05) is 7.05 Å². The number of hydrogen-bond donors (Lipinski definition) is 1. The van der Waals surface area contributed by atoms with E-state index in [2.05, 4.69) is 38.4 Å². The number of aromatic nitrogens is 2. The quantitative estimate of drug-likeness (QED) is 0.945. The van der Waals surface area contributed by atoms with E-state index in [0.29, 0.717) is 0 Å². The Labute approximate surface area is 107 Å². The van der Waals surface area contributed by atoms with Crippen molar-refractivity contribution in [2.45, 2.75) is 13.0 Å². The SMILES string of the molecule is CNC(C)c1nnc(-c2ccccc2Br)s1. The van der Waals surface area contributed by atoms with E-state index in [9.17, 15) is 0 Å². The third kappa shape index (κ3) is 2.31. The Morgan fingerprint density at radius 1 is 1.31 bits per heavy atom. The van der Waals surface area contributed by atoms with Crippen molar-refractivity contribution in [3.63, 3.8) is 0 Å². The van der Waals surface area contributed by atoms with Crippen LogP contribution in [0.1, 0.15) is 18.0 Å². The molecule has 0 aliphatic carbocycles. The Bertz CT molecular complexity index is 484. The second-order valence-corrected chi connectivity index (χ2v) is 5.30. The van der Waals surface area contributed by atoms with Gasteiger partial charge in [0.25, 0.3) is 0 Å². The van der Waals surface area contributed by atoms with Crippen molar-refractivity contribution < 1.29 is 0 Å². The predicted octanol–water partition coefficient (Wildman–Crippen LogP) is 3.25. The summed E-state index contributed by atoms with van der Waals surface area (Å²) in [5.41, 5.74) is 1.09. The monoisotopic (exact) mass is 297 g/mol. The molecular formula is C11H12BrN3S. The molecule has 0 amide bonds. The molecule has 5 heteroatoms. The van der Waals surface area contributed by atoms with E-state index in [1.165, 1.54) is 0 Å². The lowest BCUT2D eigenvalue weighted by Crippen LogP contribution is -2.11. The average molecular weight is 298 g/mol. The fourth-order valence-electron chi connectivity index (χ4n) is 1.28. The van der Waals surface area contributed by atoms with Crippen LogP contribution < -0.4 is 5.32 Å². The van der Waals surface area contributed by atoms with Crippen molar-refractivity contribution in [1.82, 2.24) is 15.5 Å². The van der Waals surface area contributed by atoms with Gasteiger partial charge in [-0.25, -0.2) is 0 Å². The van der Waals surface area contributed by atoms with Crippen molar-refractivity contribution in [1.29, 1.82) is 0 Å². The second kappa shape index (κ2) is 5.03. The summed E-state index contributed by atoms with van der Waals surface area (Å²) in [6.45, 7) is 2.07. The van der Waals surface area contributed by atoms with Gasteiger partial charge in [0.05, 0.1) is 6.04 Å². The molecule has 2 aromatic rings. The average Bonchev–Trinajstić information content (AvgIpc) is 2.78. The number of nitrogens with zero attached hydrogens (tertiary/aromatic N) is 2. The minimum atomic E-state index is 0.244. The Balaban J connectivity index is 2.35. The van der Waals surface area contributed by atoms with Crippen LogP contribution in [-0.4, -0.2) is 17.2 Å². The molecule has 16 heavy (non-hydrogen) atoms. The Hall–Kier alpha value is -0.780. The molecule has 1 N–H and O–H groups in total. The second-order valence-electron chi connectivity index (χ2n) is 3.44. The normalized spacial score (nSPS) is 12.7. The topological polar surface area (TPSA) is 37.8 Å². The summed E-state index contributed by atoms with van der Waals surface area (Å²) in [7, 11) is 1.92. The smallest absolute Gasteiger partial charge is 0.148 e. The minimum absolute atomic E-state index is 0.244. The standard InChI is InChI=1S/C11H12BrN3S/c1-7(13-2)10-14-15-11(16-10)8-5-3-4-6-9(8)12/h3-7,13H,1-2H3. The van der Waals surface area contributed by atoms with Gasteiger partial charge in [0.1, 0.15) is 10.0 Å². The largest absolute Gasteiger partial charge is 0.311 e. The van der Waals surface area contributed by atoms with Gasteiger partial charge in [-0.3, -0.25) is 0 Å². The third-order valence-electron chi connectivity index (χ3n) is 2.35. The molecule has 1 heterocycles. The molecule has 0 bridgehead atoms. The summed E-state index contributed by atoms with van der Waals surface area (Å²) in [5.74, 6) is 0. The van der Waals surface area contributed by atoms with Crippen LogP contribution in [-0.2, 0) is 0 Å². The molecule has 1 aromatic heterocycles. The zero-order valence-electron chi connectivity index (χ0n) is 9.07. The predicted molar refractivity (Wildman–Crippen MR) is 70.5 cm³/mol. The number of halogens is 1. The van der Waals surface area contributed by atoms with E-state index in [1.54, 1.807) is 11.3 Å². The molecule has 0 radical (unpaired) electrons. The first-order valence-corrected chi connectivity index (χ1v) is 6.59. The summed E-state index contributed by atoms with van der Waals surface area (Å²) in [4.78, 5) is 0. The number of benzene rings is 1. The maximum atomic E-state index is 4.21. The Morgan fingerprint density at radius 2 is 2.06 bits per heavy atom. The Morgan fingerprint density at radius 3 is 2.75 bits per heavy atom. The van der Waals surface area contributed by atoms with Gasteiger partial charge >= 0.3 is 0 Å². The van der Waals surface area contributed by atoms with Crippen LogP contribution in [0.25, 0.3) is 10.6 Å². The molecule has 1 atom stereocenters. The van der Waals surface area contributed by atoms with Gasteiger partial charge in [-0.1, -0.05) is 45.5 Å². The maximum absolute atomic E-state index is 4.21. The van der Waals surface area contributed by atoms with E-state index in [-0.39, 0.29) is 6.04 Å². The Kier molecular flexibility index (Phi) is 3.68. The van der Waals surface area contributed by atoms with E-state index in [0.717, 1.165) is 20.1 Å². The van der Waals surface area contributed by atoms with Gasteiger partial charge < -0.3 is 5.32 Å². The molecule has 2 rings (SSSR count). The van der Waals surface area contributed by atoms with Crippen molar-refractivity contribution in [3.8, 4) is 10.6 Å². The summed E-state index contributed by atoms with van der Waals surface area (Å²) in [6.07, 6.45) is 0. The zero-order chi connectivity index (χ0) is 11.5. The fourth-order valence-corrected chi connectivity index (χ4v) is 2.82. The van der Waals surface area contributed by atoms with Crippen molar-refractivity contribution >= 4 is 27.3 Å².